The smallest absolute Gasteiger partial charge is 0.123 e. The molecule has 2 heterocycles. The van der Waals surface area contributed by atoms with Gasteiger partial charge in [0, 0.05) is 32.7 Å². The maximum Gasteiger partial charge on any atom is 0.123 e. The summed E-state index contributed by atoms with van der Waals surface area (Å²) in [6, 6.07) is 6.06. The molecule has 0 saturated carbocycles. The monoisotopic (exact) mass is 280 g/mol. The minimum absolute atomic E-state index is 0.0826. The van der Waals surface area contributed by atoms with E-state index in [1.165, 1.54) is 12.1 Å². The van der Waals surface area contributed by atoms with Crippen molar-refractivity contribution >= 4 is 0 Å². The fourth-order valence-electron chi connectivity index (χ4n) is 3.09. The van der Waals surface area contributed by atoms with Gasteiger partial charge in [-0.15, -0.1) is 0 Å². The van der Waals surface area contributed by atoms with Crippen molar-refractivity contribution in [1.29, 1.82) is 0 Å². The molecule has 0 bridgehead atoms. The molecule has 1 aromatic rings. The first-order chi connectivity index (χ1) is 9.67. The van der Waals surface area contributed by atoms with Crippen molar-refractivity contribution in [3.63, 3.8) is 0 Å². The molecule has 1 aromatic carbocycles. The third-order valence-electron chi connectivity index (χ3n) is 4.22. The molecule has 2 aliphatic rings. The number of halogens is 1. The lowest BCUT2D eigenvalue weighted by atomic mass is 10.0. The Labute approximate surface area is 118 Å². The Hall–Kier alpha value is -1.01. The second kappa shape index (κ2) is 5.77. The number of morpholine rings is 1. The predicted octanol–water partition coefficient (Wildman–Crippen LogP) is 0.923. The minimum atomic E-state index is -0.581. The van der Waals surface area contributed by atoms with Gasteiger partial charge in [-0.1, -0.05) is 12.1 Å². The summed E-state index contributed by atoms with van der Waals surface area (Å²) in [7, 11) is 0. The second-order valence-electron chi connectivity index (χ2n) is 5.76. The van der Waals surface area contributed by atoms with Crippen LogP contribution in [0.3, 0.4) is 0 Å². The summed E-state index contributed by atoms with van der Waals surface area (Å²) >= 11 is 0. The summed E-state index contributed by atoms with van der Waals surface area (Å²) in [6.07, 6.45) is 0.415. The molecule has 2 atom stereocenters. The van der Waals surface area contributed by atoms with Crippen molar-refractivity contribution in [2.24, 2.45) is 0 Å². The molecule has 20 heavy (non-hydrogen) atoms. The lowest BCUT2D eigenvalue weighted by Gasteiger charge is -2.34. The van der Waals surface area contributed by atoms with Crippen LogP contribution in [0, 0.1) is 5.82 Å². The first-order valence-electron chi connectivity index (χ1n) is 7.17. The van der Waals surface area contributed by atoms with Crippen LogP contribution < -0.4 is 5.32 Å². The van der Waals surface area contributed by atoms with E-state index in [0.29, 0.717) is 6.54 Å². The van der Waals surface area contributed by atoms with Crippen LogP contribution in [0.15, 0.2) is 24.3 Å². The molecule has 2 fully saturated rings. The molecule has 5 heteroatoms. The van der Waals surface area contributed by atoms with Gasteiger partial charge < -0.3 is 15.2 Å². The molecule has 0 aliphatic carbocycles. The van der Waals surface area contributed by atoms with Crippen molar-refractivity contribution < 1.29 is 14.2 Å². The minimum Gasteiger partial charge on any atom is -0.387 e. The molecule has 4 nitrogen and oxygen atoms in total. The lowest BCUT2D eigenvalue weighted by Crippen LogP contribution is -2.51. The van der Waals surface area contributed by atoms with E-state index in [9.17, 15) is 9.50 Å². The highest BCUT2D eigenvalue weighted by Crippen LogP contribution is 2.28. The molecular weight excluding hydrogens is 259 g/mol. The summed E-state index contributed by atoms with van der Waals surface area (Å²) in [4.78, 5) is 2.22. The number of nitrogens with zero attached hydrogens (tertiary/aromatic N) is 1. The van der Waals surface area contributed by atoms with Gasteiger partial charge in [0.15, 0.2) is 0 Å². The summed E-state index contributed by atoms with van der Waals surface area (Å²) in [5.74, 6) is -0.275. The molecule has 110 valence electrons. The van der Waals surface area contributed by atoms with E-state index in [4.69, 9.17) is 4.74 Å². The highest BCUT2D eigenvalue weighted by Gasteiger charge is 2.40. The Morgan fingerprint density at radius 2 is 2.20 bits per heavy atom. The van der Waals surface area contributed by atoms with Gasteiger partial charge in [0.2, 0.25) is 0 Å². The van der Waals surface area contributed by atoms with Crippen LogP contribution in [-0.2, 0) is 4.74 Å². The molecule has 2 N–H and O–H groups in total. The highest BCUT2D eigenvalue weighted by atomic mass is 19.1. The van der Waals surface area contributed by atoms with Crippen molar-refractivity contribution in [3.05, 3.63) is 35.6 Å². The van der Waals surface area contributed by atoms with Gasteiger partial charge in [-0.25, -0.2) is 4.39 Å². The number of hydrogen-bond donors (Lipinski definition) is 2. The molecule has 0 radical (unpaired) electrons. The Kier molecular flexibility index (Phi) is 4.03. The fourth-order valence-corrected chi connectivity index (χ4v) is 3.09. The largest absolute Gasteiger partial charge is 0.387 e. The number of aliphatic hydroxyl groups is 1. The fraction of sp³-hybridized carbons (Fsp3) is 0.600. The summed E-state index contributed by atoms with van der Waals surface area (Å²) < 4.78 is 18.8. The van der Waals surface area contributed by atoms with E-state index in [0.717, 1.165) is 44.8 Å². The zero-order chi connectivity index (χ0) is 14.0. The second-order valence-corrected chi connectivity index (χ2v) is 5.76. The van der Waals surface area contributed by atoms with Gasteiger partial charge in [-0.2, -0.15) is 0 Å². The predicted molar refractivity (Wildman–Crippen MR) is 74.0 cm³/mol. The number of aliphatic hydroxyl groups excluding tert-OH is 1. The molecule has 2 saturated heterocycles. The zero-order valence-electron chi connectivity index (χ0n) is 11.5. The summed E-state index contributed by atoms with van der Waals surface area (Å²) in [5.41, 5.74) is 0.677. The molecule has 2 aliphatic heterocycles. The lowest BCUT2D eigenvalue weighted by molar-refractivity contribution is -0.0586. The quantitative estimate of drug-likeness (QED) is 0.864. The Balaban J connectivity index is 1.57. The van der Waals surface area contributed by atoms with E-state index in [2.05, 4.69) is 10.2 Å². The topological polar surface area (TPSA) is 44.7 Å². The van der Waals surface area contributed by atoms with Gasteiger partial charge in [0.05, 0.1) is 18.3 Å². The molecule has 2 unspecified atom stereocenters. The molecule has 0 amide bonds. The van der Waals surface area contributed by atoms with Gasteiger partial charge >= 0.3 is 0 Å². The van der Waals surface area contributed by atoms with E-state index in [-0.39, 0.29) is 11.4 Å². The molecular formula is C15H21FN2O2. The molecule has 0 aromatic heterocycles. The van der Waals surface area contributed by atoms with E-state index < -0.39 is 6.10 Å². The van der Waals surface area contributed by atoms with Crippen molar-refractivity contribution in [3.8, 4) is 0 Å². The van der Waals surface area contributed by atoms with Crippen LogP contribution in [0.25, 0.3) is 0 Å². The van der Waals surface area contributed by atoms with E-state index in [1.54, 1.807) is 12.1 Å². The van der Waals surface area contributed by atoms with Crippen molar-refractivity contribution in [1.82, 2.24) is 10.2 Å². The third kappa shape index (κ3) is 3.01. The average molecular weight is 280 g/mol. The van der Waals surface area contributed by atoms with Crippen molar-refractivity contribution in [2.75, 3.05) is 39.3 Å². The summed E-state index contributed by atoms with van der Waals surface area (Å²) in [5, 5.41) is 13.6. The number of nitrogens with one attached hydrogen (secondary N) is 1. The van der Waals surface area contributed by atoms with Gasteiger partial charge in [-0.3, -0.25) is 4.90 Å². The van der Waals surface area contributed by atoms with Gasteiger partial charge in [0.1, 0.15) is 5.82 Å². The van der Waals surface area contributed by atoms with Crippen LogP contribution in [0.1, 0.15) is 18.1 Å². The Morgan fingerprint density at radius 3 is 2.90 bits per heavy atom. The maximum absolute atomic E-state index is 12.9. The number of rotatable bonds is 3. The van der Waals surface area contributed by atoms with Crippen LogP contribution in [-0.4, -0.2) is 54.9 Å². The molecule has 3 rings (SSSR count). The van der Waals surface area contributed by atoms with E-state index >= 15 is 0 Å². The SMILES string of the molecule is OC(CN1CCC2(CNCCO2)C1)c1ccc(F)cc1. The third-order valence-corrected chi connectivity index (χ3v) is 4.22. The number of likely N-dealkylation sites (tertiary alicyclic amines) is 1. The first kappa shape index (κ1) is 13.9. The van der Waals surface area contributed by atoms with Crippen LogP contribution >= 0.6 is 0 Å². The Bertz CT molecular complexity index is 446. The zero-order valence-corrected chi connectivity index (χ0v) is 11.5. The molecule has 1 spiro atoms. The van der Waals surface area contributed by atoms with Crippen LogP contribution in [0.2, 0.25) is 0 Å². The highest BCUT2D eigenvalue weighted by molar-refractivity contribution is 5.19. The maximum atomic E-state index is 12.9. The Morgan fingerprint density at radius 1 is 1.40 bits per heavy atom. The van der Waals surface area contributed by atoms with Crippen molar-refractivity contribution in [2.45, 2.75) is 18.1 Å². The van der Waals surface area contributed by atoms with E-state index in [1.807, 2.05) is 0 Å². The van der Waals surface area contributed by atoms with Crippen LogP contribution in [0.5, 0.6) is 0 Å². The standard InChI is InChI=1S/C15H21FN2O2/c16-13-3-1-12(2-4-13)14(19)9-18-7-5-15(11-18)10-17-6-8-20-15/h1-4,14,17,19H,5-11H2. The average Bonchev–Trinajstić information content (AvgIpc) is 2.83. The number of hydrogen-bond acceptors (Lipinski definition) is 4. The number of ether oxygens (including phenoxy) is 1. The number of benzene rings is 1. The van der Waals surface area contributed by atoms with Gasteiger partial charge in [0.25, 0.3) is 0 Å². The normalized spacial score (nSPS) is 28.9. The first-order valence-corrected chi connectivity index (χ1v) is 7.17. The summed E-state index contributed by atoms with van der Waals surface area (Å²) in [6.45, 7) is 4.90. The van der Waals surface area contributed by atoms with Gasteiger partial charge in [-0.05, 0) is 24.1 Å². The number of β-amino-alcohol motifs (C(OH)–C–C–N with tert-alkyl or cyclic N) is 1. The van der Waals surface area contributed by atoms with Crippen LogP contribution in [0.4, 0.5) is 4.39 Å².